The van der Waals surface area contributed by atoms with Crippen LogP contribution in [0.25, 0.3) is 6.08 Å². The Labute approximate surface area is 161 Å². The maximum atomic E-state index is 14.1. The Morgan fingerprint density at radius 1 is 1.30 bits per heavy atom. The van der Waals surface area contributed by atoms with Crippen molar-refractivity contribution >= 4 is 23.8 Å². The standard InChI is InChI=1S/C21H20FNO3S/c1-21(2)9-10-27-19-8-6-14(11-16(19)21)18(23-26)7-5-13-3-4-15(20(24)25)12-17(13)22/h3-8,11-12,18H,9-10H2,1-2H3,(H,24,25). The third kappa shape index (κ3) is 4.11. The van der Waals surface area contributed by atoms with Crippen molar-refractivity contribution in [1.82, 2.24) is 0 Å². The first-order chi connectivity index (χ1) is 12.8. The molecule has 1 N–H and O–H groups in total. The van der Waals surface area contributed by atoms with Crippen LogP contribution in [0.3, 0.4) is 0 Å². The molecule has 0 saturated carbocycles. The van der Waals surface area contributed by atoms with Crippen molar-refractivity contribution < 1.29 is 14.3 Å². The number of carbonyl (C=O) groups is 1. The van der Waals surface area contributed by atoms with Gasteiger partial charge in [-0.15, -0.1) is 16.7 Å². The number of hydrogen-bond acceptors (Lipinski definition) is 4. The minimum Gasteiger partial charge on any atom is -0.478 e. The number of rotatable bonds is 5. The summed E-state index contributed by atoms with van der Waals surface area (Å²) in [6.45, 7) is 4.38. The van der Waals surface area contributed by atoms with Crippen LogP contribution < -0.4 is 0 Å². The van der Waals surface area contributed by atoms with Gasteiger partial charge in [-0.3, -0.25) is 0 Å². The predicted octanol–water partition coefficient (Wildman–Crippen LogP) is 5.82. The average Bonchev–Trinajstić information content (AvgIpc) is 2.63. The molecule has 0 aliphatic carbocycles. The molecular weight excluding hydrogens is 365 g/mol. The van der Waals surface area contributed by atoms with Crippen molar-refractivity contribution in [2.24, 2.45) is 5.18 Å². The topological polar surface area (TPSA) is 66.7 Å². The summed E-state index contributed by atoms with van der Waals surface area (Å²) in [6, 6.07) is 8.84. The average molecular weight is 385 g/mol. The number of fused-ring (bicyclic) bond motifs is 1. The summed E-state index contributed by atoms with van der Waals surface area (Å²) in [5.74, 6) is -0.773. The Morgan fingerprint density at radius 2 is 2.07 bits per heavy atom. The van der Waals surface area contributed by atoms with Crippen LogP contribution in [-0.4, -0.2) is 16.8 Å². The van der Waals surface area contributed by atoms with Crippen LogP contribution in [0.1, 0.15) is 53.4 Å². The number of benzene rings is 2. The second kappa shape index (κ2) is 7.64. The highest BCUT2D eigenvalue weighted by Crippen LogP contribution is 2.42. The van der Waals surface area contributed by atoms with E-state index in [1.54, 1.807) is 0 Å². The first-order valence-corrected chi connectivity index (χ1v) is 9.61. The van der Waals surface area contributed by atoms with Gasteiger partial charge in [0, 0.05) is 10.5 Å². The maximum Gasteiger partial charge on any atom is 0.335 e. The Morgan fingerprint density at radius 3 is 2.74 bits per heavy atom. The lowest BCUT2D eigenvalue weighted by Gasteiger charge is -2.32. The van der Waals surface area contributed by atoms with Crippen molar-refractivity contribution in [3.8, 4) is 0 Å². The van der Waals surface area contributed by atoms with E-state index in [1.165, 1.54) is 34.7 Å². The molecule has 1 heterocycles. The molecule has 3 rings (SSSR count). The van der Waals surface area contributed by atoms with Crippen molar-refractivity contribution in [1.29, 1.82) is 0 Å². The Kier molecular flexibility index (Phi) is 5.46. The lowest BCUT2D eigenvalue weighted by atomic mass is 9.80. The molecule has 0 amide bonds. The number of hydrogen-bond donors (Lipinski definition) is 1. The number of nitrogens with zero attached hydrogens (tertiary/aromatic N) is 1. The monoisotopic (exact) mass is 385 g/mol. The van der Waals surface area contributed by atoms with Crippen LogP contribution in [-0.2, 0) is 5.41 Å². The lowest BCUT2D eigenvalue weighted by Crippen LogP contribution is -2.23. The van der Waals surface area contributed by atoms with E-state index < -0.39 is 17.8 Å². The van der Waals surface area contributed by atoms with E-state index >= 15 is 0 Å². The highest BCUT2D eigenvalue weighted by Gasteiger charge is 2.28. The predicted molar refractivity (Wildman–Crippen MR) is 106 cm³/mol. The summed E-state index contributed by atoms with van der Waals surface area (Å²) in [7, 11) is 0. The third-order valence-corrected chi connectivity index (χ3v) is 5.95. The Bertz CT molecular complexity index is 924. The van der Waals surface area contributed by atoms with Gasteiger partial charge >= 0.3 is 5.97 Å². The normalized spacial score (nSPS) is 16.7. The first kappa shape index (κ1) is 19.3. The number of halogens is 1. The van der Waals surface area contributed by atoms with Crippen LogP contribution in [0.4, 0.5) is 4.39 Å². The smallest absolute Gasteiger partial charge is 0.335 e. The molecule has 6 heteroatoms. The SMILES string of the molecule is CC1(C)CCSc2ccc(C(C=Cc3ccc(C(=O)O)cc3F)N=O)cc21. The molecule has 0 saturated heterocycles. The molecule has 140 valence electrons. The van der Waals surface area contributed by atoms with E-state index in [4.69, 9.17) is 5.11 Å². The summed E-state index contributed by atoms with van der Waals surface area (Å²) in [6.07, 6.45) is 4.06. The van der Waals surface area contributed by atoms with Gasteiger partial charge in [-0.25, -0.2) is 9.18 Å². The van der Waals surface area contributed by atoms with E-state index in [-0.39, 0.29) is 16.5 Å². The van der Waals surface area contributed by atoms with Crippen LogP contribution in [0.5, 0.6) is 0 Å². The van der Waals surface area contributed by atoms with E-state index in [2.05, 4.69) is 19.0 Å². The number of carboxylic acid groups (broad SMARTS) is 1. The van der Waals surface area contributed by atoms with Gasteiger partial charge in [0.1, 0.15) is 11.9 Å². The van der Waals surface area contributed by atoms with Gasteiger partial charge in [0.2, 0.25) is 0 Å². The zero-order chi connectivity index (χ0) is 19.6. The first-order valence-electron chi connectivity index (χ1n) is 8.62. The highest BCUT2D eigenvalue weighted by atomic mass is 32.2. The summed E-state index contributed by atoms with van der Waals surface area (Å²) >= 11 is 1.81. The minimum atomic E-state index is -1.19. The van der Waals surface area contributed by atoms with Crippen molar-refractivity contribution in [2.45, 2.75) is 36.6 Å². The molecule has 2 aromatic rings. The molecule has 4 nitrogen and oxygen atoms in total. The van der Waals surface area contributed by atoms with Crippen LogP contribution >= 0.6 is 11.8 Å². The summed E-state index contributed by atoms with van der Waals surface area (Å²) in [5.41, 5.74) is 2.09. The molecule has 0 radical (unpaired) electrons. The Balaban J connectivity index is 1.89. The molecule has 1 aliphatic heterocycles. The zero-order valence-electron chi connectivity index (χ0n) is 15.1. The van der Waals surface area contributed by atoms with Gasteiger partial charge in [0.05, 0.1) is 5.56 Å². The fraction of sp³-hybridized carbons (Fsp3) is 0.286. The van der Waals surface area contributed by atoms with Gasteiger partial charge in [-0.1, -0.05) is 49.4 Å². The second-order valence-corrected chi connectivity index (χ2v) is 8.33. The number of carboxylic acids is 1. The quantitative estimate of drug-likeness (QED) is 0.659. The molecule has 0 fully saturated rings. The summed E-state index contributed by atoms with van der Waals surface area (Å²) in [5, 5.41) is 12.1. The van der Waals surface area contributed by atoms with Crippen LogP contribution in [0, 0.1) is 10.7 Å². The minimum absolute atomic E-state index is 0.0342. The van der Waals surface area contributed by atoms with E-state index in [1.807, 2.05) is 30.0 Å². The number of nitroso groups, excluding NO2 is 1. The lowest BCUT2D eigenvalue weighted by molar-refractivity contribution is 0.0696. The molecule has 0 spiro atoms. The third-order valence-electron chi connectivity index (χ3n) is 4.88. The van der Waals surface area contributed by atoms with Crippen LogP contribution in [0.15, 0.2) is 52.5 Å². The van der Waals surface area contributed by atoms with E-state index in [0.717, 1.165) is 23.8 Å². The highest BCUT2D eigenvalue weighted by molar-refractivity contribution is 7.99. The van der Waals surface area contributed by atoms with E-state index in [0.29, 0.717) is 0 Å². The fourth-order valence-electron chi connectivity index (χ4n) is 3.13. The molecule has 1 atom stereocenters. The van der Waals surface area contributed by atoms with Crippen molar-refractivity contribution in [2.75, 3.05) is 5.75 Å². The largest absolute Gasteiger partial charge is 0.478 e. The number of aromatic carboxylic acids is 1. The molecule has 1 unspecified atom stereocenters. The van der Waals surface area contributed by atoms with Gasteiger partial charge in [-0.2, -0.15) is 0 Å². The van der Waals surface area contributed by atoms with Gasteiger partial charge < -0.3 is 5.11 Å². The maximum absolute atomic E-state index is 14.1. The molecule has 2 aromatic carbocycles. The molecular formula is C21H20FNO3S. The fourth-order valence-corrected chi connectivity index (χ4v) is 4.62. The van der Waals surface area contributed by atoms with Gasteiger partial charge in [0.15, 0.2) is 0 Å². The zero-order valence-corrected chi connectivity index (χ0v) is 15.9. The van der Waals surface area contributed by atoms with E-state index in [9.17, 15) is 14.1 Å². The molecule has 27 heavy (non-hydrogen) atoms. The summed E-state index contributed by atoms with van der Waals surface area (Å²) < 4.78 is 14.1. The van der Waals surface area contributed by atoms with Crippen molar-refractivity contribution in [3.05, 3.63) is 75.5 Å². The molecule has 1 aliphatic rings. The Hall–Kier alpha value is -2.47. The second-order valence-electron chi connectivity index (χ2n) is 7.19. The van der Waals surface area contributed by atoms with Crippen LogP contribution in [0.2, 0.25) is 0 Å². The molecule has 0 bridgehead atoms. The summed E-state index contributed by atoms with van der Waals surface area (Å²) in [4.78, 5) is 23.5. The van der Waals surface area contributed by atoms with Crippen molar-refractivity contribution in [3.63, 3.8) is 0 Å². The number of thioether (sulfide) groups is 1. The van der Waals surface area contributed by atoms with Gasteiger partial charge in [0.25, 0.3) is 0 Å². The van der Waals surface area contributed by atoms with Gasteiger partial charge in [-0.05, 0) is 46.9 Å². The molecule has 0 aromatic heterocycles.